The second-order valence-electron chi connectivity index (χ2n) is 6.33. The van der Waals surface area contributed by atoms with Gasteiger partial charge in [-0.3, -0.25) is 4.79 Å². The highest BCUT2D eigenvalue weighted by Gasteiger charge is 2.20. The van der Waals surface area contributed by atoms with E-state index in [4.69, 9.17) is 5.73 Å². The zero-order chi connectivity index (χ0) is 17.4. The lowest BCUT2D eigenvalue weighted by molar-refractivity contribution is 0.100. The van der Waals surface area contributed by atoms with Crippen molar-refractivity contribution in [3.05, 3.63) is 69.5 Å². The van der Waals surface area contributed by atoms with E-state index in [9.17, 15) is 4.79 Å². The second-order valence-corrected chi connectivity index (χ2v) is 7.39. The summed E-state index contributed by atoms with van der Waals surface area (Å²) in [5.74, 6) is -0.386. The van der Waals surface area contributed by atoms with E-state index >= 15 is 0 Å². The standard InChI is InChI=1S/C20H19N3OS/c1-13-22-18(12-25-13)16-6-7-19-17(10-16)8-9-23(19)11-14-2-4-15(5-3-14)20(21)24/h2-7,10,12H,8-9,11H2,1H3,(H2,21,24). The van der Waals surface area contributed by atoms with E-state index in [0.717, 1.165) is 30.2 Å². The second kappa shape index (κ2) is 6.33. The molecule has 0 aliphatic carbocycles. The molecule has 1 aliphatic rings. The lowest BCUT2D eigenvalue weighted by Crippen LogP contribution is -2.19. The van der Waals surface area contributed by atoms with Gasteiger partial charge in [-0.2, -0.15) is 0 Å². The summed E-state index contributed by atoms with van der Waals surface area (Å²) in [6.45, 7) is 3.88. The van der Waals surface area contributed by atoms with Gasteiger partial charge in [0.05, 0.1) is 10.7 Å². The van der Waals surface area contributed by atoms with Crippen LogP contribution in [0.1, 0.15) is 26.5 Å². The van der Waals surface area contributed by atoms with Gasteiger partial charge in [-0.15, -0.1) is 11.3 Å². The zero-order valence-electron chi connectivity index (χ0n) is 14.0. The summed E-state index contributed by atoms with van der Waals surface area (Å²) < 4.78 is 0. The van der Waals surface area contributed by atoms with Crippen LogP contribution < -0.4 is 10.6 Å². The van der Waals surface area contributed by atoms with Crippen molar-refractivity contribution in [3.63, 3.8) is 0 Å². The number of anilines is 1. The molecular formula is C20H19N3OS. The van der Waals surface area contributed by atoms with Gasteiger partial charge < -0.3 is 10.6 Å². The number of thiazole rings is 1. The minimum atomic E-state index is -0.386. The van der Waals surface area contributed by atoms with E-state index in [2.05, 4.69) is 33.5 Å². The maximum Gasteiger partial charge on any atom is 0.248 e. The van der Waals surface area contributed by atoms with Gasteiger partial charge in [-0.1, -0.05) is 18.2 Å². The molecule has 4 rings (SSSR count). The van der Waals surface area contributed by atoms with Crippen LogP contribution in [0, 0.1) is 6.92 Å². The first-order valence-corrected chi connectivity index (χ1v) is 9.17. The Labute approximate surface area is 150 Å². The molecule has 1 aromatic heterocycles. The van der Waals surface area contributed by atoms with E-state index in [0.29, 0.717) is 5.56 Å². The topological polar surface area (TPSA) is 59.2 Å². The van der Waals surface area contributed by atoms with Crippen LogP contribution in [-0.4, -0.2) is 17.4 Å². The minimum Gasteiger partial charge on any atom is -0.367 e. The fourth-order valence-corrected chi connectivity index (χ4v) is 3.91. The Balaban J connectivity index is 1.54. The molecule has 3 aromatic rings. The Bertz CT molecular complexity index is 930. The van der Waals surface area contributed by atoms with E-state index in [1.54, 1.807) is 23.5 Å². The number of primary amides is 1. The van der Waals surface area contributed by atoms with E-state index in [1.807, 2.05) is 19.1 Å². The summed E-state index contributed by atoms with van der Waals surface area (Å²) in [4.78, 5) is 18.1. The fraction of sp³-hybridized carbons (Fsp3) is 0.200. The van der Waals surface area contributed by atoms with E-state index in [-0.39, 0.29) is 5.91 Å². The summed E-state index contributed by atoms with van der Waals surface area (Å²) in [6.07, 6.45) is 1.05. The number of aryl methyl sites for hydroxylation is 1. The fourth-order valence-electron chi connectivity index (χ4n) is 3.28. The van der Waals surface area contributed by atoms with Crippen LogP contribution in [-0.2, 0) is 13.0 Å². The number of carbonyl (C=O) groups is 1. The monoisotopic (exact) mass is 349 g/mol. The Kier molecular flexibility index (Phi) is 4.01. The smallest absolute Gasteiger partial charge is 0.248 e. The van der Waals surface area contributed by atoms with Gasteiger partial charge in [0.1, 0.15) is 0 Å². The van der Waals surface area contributed by atoms with Crippen molar-refractivity contribution in [3.8, 4) is 11.3 Å². The Morgan fingerprint density at radius 3 is 2.72 bits per heavy atom. The molecule has 2 N–H and O–H groups in total. The molecule has 2 aromatic carbocycles. The summed E-state index contributed by atoms with van der Waals surface area (Å²) in [7, 11) is 0. The number of rotatable bonds is 4. The molecule has 0 radical (unpaired) electrons. The van der Waals surface area contributed by atoms with Crippen molar-refractivity contribution >= 4 is 22.9 Å². The van der Waals surface area contributed by atoms with Gasteiger partial charge in [0, 0.05) is 35.3 Å². The van der Waals surface area contributed by atoms with Crippen molar-refractivity contribution in [1.82, 2.24) is 4.98 Å². The first-order valence-electron chi connectivity index (χ1n) is 8.29. The van der Waals surface area contributed by atoms with Gasteiger partial charge in [0.25, 0.3) is 0 Å². The normalized spacial score (nSPS) is 13.1. The third-order valence-electron chi connectivity index (χ3n) is 4.60. The van der Waals surface area contributed by atoms with Crippen LogP contribution in [0.15, 0.2) is 47.8 Å². The molecule has 0 unspecified atom stereocenters. The summed E-state index contributed by atoms with van der Waals surface area (Å²) in [5.41, 5.74) is 11.9. The molecule has 2 heterocycles. The van der Waals surface area contributed by atoms with Crippen molar-refractivity contribution < 1.29 is 4.79 Å². The molecule has 25 heavy (non-hydrogen) atoms. The third kappa shape index (κ3) is 3.15. The van der Waals surface area contributed by atoms with Crippen molar-refractivity contribution in [2.45, 2.75) is 19.9 Å². The molecular weight excluding hydrogens is 330 g/mol. The lowest BCUT2D eigenvalue weighted by Gasteiger charge is -2.19. The number of hydrogen-bond acceptors (Lipinski definition) is 4. The van der Waals surface area contributed by atoms with Crippen molar-refractivity contribution in [1.29, 1.82) is 0 Å². The predicted molar refractivity (Wildman–Crippen MR) is 102 cm³/mol. The minimum absolute atomic E-state index is 0.386. The van der Waals surface area contributed by atoms with Gasteiger partial charge >= 0.3 is 0 Å². The summed E-state index contributed by atoms with van der Waals surface area (Å²) >= 11 is 1.68. The molecule has 1 aliphatic heterocycles. The number of hydrogen-bond donors (Lipinski definition) is 1. The van der Waals surface area contributed by atoms with Crippen LogP contribution in [0.4, 0.5) is 5.69 Å². The van der Waals surface area contributed by atoms with Crippen LogP contribution in [0.2, 0.25) is 0 Å². The average Bonchev–Trinajstić information content (AvgIpc) is 3.21. The van der Waals surface area contributed by atoms with Crippen molar-refractivity contribution in [2.75, 3.05) is 11.4 Å². The van der Waals surface area contributed by atoms with Gasteiger partial charge in [-0.25, -0.2) is 4.98 Å². The number of aromatic nitrogens is 1. The Morgan fingerprint density at radius 2 is 2.04 bits per heavy atom. The predicted octanol–water partition coefficient (Wildman–Crippen LogP) is 3.78. The van der Waals surface area contributed by atoms with Gasteiger partial charge in [-0.05, 0) is 48.7 Å². The number of carbonyl (C=O) groups excluding carboxylic acids is 1. The maximum atomic E-state index is 11.2. The summed E-state index contributed by atoms with van der Waals surface area (Å²) in [6, 6.07) is 14.2. The van der Waals surface area contributed by atoms with Gasteiger partial charge in [0.2, 0.25) is 5.91 Å². The first-order chi connectivity index (χ1) is 12.1. The van der Waals surface area contributed by atoms with Crippen molar-refractivity contribution in [2.24, 2.45) is 5.73 Å². The molecule has 0 fully saturated rings. The van der Waals surface area contributed by atoms with Gasteiger partial charge in [0.15, 0.2) is 0 Å². The highest BCUT2D eigenvalue weighted by Crippen LogP contribution is 2.33. The number of nitrogens with zero attached hydrogens (tertiary/aromatic N) is 2. The molecule has 126 valence electrons. The van der Waals surface area contributed by atoms with Crippen LogP contribution >= 0.6 is 11.3 Å². The molecule has 0 atom stereocenters. The largest absolute Gasteiger partial charge is 0.367 e. The number of amides is 1. The van der Waals surface area contributed by atoms with Crippen LogP contribution in [0.25, 0.3) is 11.3 Å². The highest BCUT2D eigenvalue weighted by atomic mass is 32.1. The number of fused-ring (bicyclic) bond motifs is 1. The maximum absolute atomic E-state index is 11.2. The molecule has 5 heteroatoms. The third-order valence-corrected chi connectivity index (χ3v) is 5.37. The SMILES string of the molecule is Cc1nc(-c2ccc3c(c2)CCN3Cc2ccc(C(N)=O)cc2)cs1. The van der Waals surface area contributed by atoms with Crippen LogP contribution in [0.5, 0.6) is 0 Å². The number of nitrogens with two attached hydrogens (primary N) is 1. The van der Waals surface area contributed by atoms with E-state index in [1.165, 1.54) is 22.4 Å². The Hall–Kier alpha value is -2.66. The Morgan fingerprint density at radius 1 is 1.24 bits per heavy atom. The highest BCUT2D eigenvalue weighted by molar-refractivity contribution is 7.09. The molecule has 0 saturated carbocycles. The molecule has 0 bridgehead atoms. The molecule has 0 spiro atoms. The van der Waals surface area contributed by atoms with Crippen LogP contribution in [0.3, 0.4) is 0 Å². The zero-order valence-corrected chi connectivity index (χ0v) is 14.8. The lowest BCUT2D eigenvalue weighted by atomic mass is 10.1. The quantitative estimate of drug-likeness (QED) is 0.780. The molecule has 4 nitrogen and oxygen atoms in total. The number of benzene rings is 2. The molecule has 1 amide bonds. The van der Waals surface area contributed by atoms with E-state index < -0.39 is 0 Å². The first kappa shape index (κ1) is 15.8. The molecule has 0 saturated heterocycles. The summed E-state index contributed by atoms with van der Waals surface area (Å²) in [5, 5.41) is 3.21. The average molecular weight is 349 g/mol.